The zero-order valence-corrected chi connectivity index (χ0v) is 43.0. The van der Waals surface area contributed by atoms with E-state index in [1.807, 2.05) is 104 Å². The maximum Gasteiger partial charge on any atom is 0.260 e. The molecule has 14 nitrogen and oxygen atoms in total. The van der Waals surface area contributed by atoms with Crippen LogP contribution in [0.25, 0.3) is 0 Å². The van der Waals surface area contributed by atoms with Gasteiger partial charge in [-0.2, -0.15) is 5.10 Å². The fraction of sp³-hybridized carbons (Fsp3) is 0.364. The Labute approximate surface area is 423 Å². The molecule has 0 bridgehead atoms. The summed E-state index contributed by atoms with van der Waals surface area (Å²) in [5.74, 6) is 1.84. The normalized spacial score (nSPS) is 16.9. The highest BCUT2D eigenvalue weighted by atomic mass is 33.1. The Morgan fingerprint density at radius 2 is 1.30 bits per heavy atom. The average molecular weight is 996 g/mol. The SMILES string of the molecule is CC=NNC(=O)CCSSC(C)(C)CCC(=O)Nc1cc(COc2cc3c(cc2C)C(=O)N2c4ccccc4C[C@H]2CN3C)cc(COc2cc3c(cc2OC)C(=O)N2c4ccccc4C[C@H]2CN3C)c1. The summed E-state index contributed by atoms with van der Waals surface area (Å²) in [6.07, 6.45) is 4.37. The summed E-state index contributed by atoms with van der Waals surface area (Å²) < 4.78 is 18.8. The van der Waals surface area contributed by atoms with Crippen LogP contribution in [-0.2, 0) is 35.6 Å². The maximum atomic E-state index is 14.3. The molecule has 0 saturated heterocycles. The highest BCUT2D eigenvalue weighted by molar-refractivity contribution is 8.77. The molecule has 16 heteroatoms. The number of benzene rings is 5. The summed E-state index contributed by atoms with van der Waals surface area (Å²) in [4.78, 5) is 62.3. The lowest BCUT2D eigenvalue weighted by atomic mass is 10.1. The van der Waals surface area contributed by atoms with Crippen molar-refractivity contribution in [1.82, 2.24) is 5.43 Å². The Kier molecular flexibility index (Phi) is 14.6. The number of hydrazone groups is 1. The molecule has 0 aliphatic carbocycles. The number of nitrogens with one attached hydrogen (secondary N) is 2. The zero-order chi connectivity index (χ0) is 50.0. The van der Waals surface area contributed by atoms with E-state index in [0.29, 0.717) is 65.7 Å². The fourth-order valence-electron chi connectivity index (χ4n) is 10.0. The predicted octanol–water partition coefficient (Wildman–Crippen LogP) is 9.59. The minimum absolute atomic E-state index is 0.00495. The van der Waals surface area contributed by atoms with Gasteiger partial charge in [0.05, 0.1) is 41.7 Å². The lowest BCUT2D eigenvalue weighted by Gasteiger charge is -2.25. The number of hydrogen-bond acceptors (Lipinski definition) is 12. The molecule has 2 N–H and O–H groups in total. The number of fused-ring (bicyclic) bond motifs is 8. The first-order valence-corrected chi connectivity index (χ1v) is 26.4. The Balaban J connectivity index is 0.938. The van der Waals surface area contributed by atoms with E-state index in [0.717, 1.165) is 57.8 Å². The largest absolute Gasteiger partial charge is 0.493 e. The van der Waals surface area contributed by atoms with Crippen LogP contribution < -0.4 is 44.6 Å². The molecule has 4 amide bonds. The Morgan fingerprint density at radius 1 is 0.732 bits per heavy atom. The molecule has 5 aromatic rings. The topological polar surface area (TPSA) is 145 Å². The van der Waals surface area contributed by atoms with Crippen LogP contribution in [0.3, 0.4) is 0 Å². The van der Waals surface area contributed by atoms with E-state index in [1.165, 1.54) is 11.8 Å². The number of para-hydroxylation sites is 2. The van der Waals surface area contributed by atoms with Crippen LogP contribution in [0.2, 0.25) is 0 Å². The third kappa shape index (κ3) is 10.7. The van der Waals surface area contributed by atoms with Crippen molar-refractivity contribution in [3.63, 3.8) is 0 Å². The summed E-state index contributed by atoms with van der Waals surface area (Å²) in [5, 5.41) is 6.93. The summed E-state index contributed by atoms with van der Waals surface area (Å²) in [6.45, 7) is 9.53. The molecule has 0 unspecified atom stereocenters. The van der Waals surface area contributed by atoms with Gasteiger partial charge >= 0.3 is 0 Å². The number of methoxy groups -OCH3 is 1. The number of hydrogen-bond donors (Lipinski definition) is 2. The smallest absolute Gasteiger partial charge is 0.260 e. The molecule has 5 aromatic carbocycles. The second-order valence-electron chi connectivity index (χ2n) is 19.2. The first-order chi connectivity index (χ1) is 34.2. The number of carbonyl (C=O) groups excluding carboxylic acids is 4. The van der Waals surface area contributed by atoms with Gasteiger partial charge in [0.2, 0.25) is 11.8 Å². The van der Waals surface area contributed by atoms with Crippen molar-refractivity contribution in [3.8, 4) is 17.2 Å². The lowest BCUT2D eigenvalue weighted by Crippen LogP contribution is -2.41. The van der Waals surface area contributed by atoms with Crippen LogP contribution >= 0.6 is 21.6 Å². The molecule has 0 radical (unpaired) electrons. The third-order valence-electron chi connectivity index (χ3n) is 13.5. The maximum absolute atomic E-state index is 14.3. The number of nitrogens with zero attached hydrogens (tertiary/aromatic N) is 5. The molecule has 0 saturated carbocycles. The molecule has 2 atom stereocenters. The molecule has 4 heterocycles. The zero-order valence-electron chi connectivity index (χ0n) is 41.4. The van der Waals surface area contributed by atoms with Crippen LogP contribution in [0, 0.1) is 6.92 Å². The van der Waals surface area contributed by atoms with Gasteiger partial charge in [-0.1, -0.05) is 58.0 Å². The van der Waals surface area contributed by atoms with Gasteiger partial charge in [0.25, 0.3) is 11.8 Å². The highest BCUT2D eigenvalue weighted by Gasteiger charge is 2.41. The van der Waals surface area contributed by atoms with E-state index in [9.17, 15) is 19.2 Å². The number of likely N-dealkylation sites (N-methyl/N-ethyl adjacent to an activating group) is 2. The van der Waals surface area contributed by atoms with Gasteiger partial charge in [0, 0.05) is 85.9 Å². The van der Waals surface area contributed by atoms with Gasteiger partial charge in [-0.05, 0) is 117 Å². The summed E-state index contributed by atoms with van der Waals surface area (Å²) >= 11 is 0. The predicted molar refractivity (Wildman–Crippen MR) is 286 cm³/mol. The van der Waals surface area contributed by atoms with Gasteiger partial charge in [0.15, 0.2) is 11.5 Å². The number of carbonyl (C=O) groups is 4. The van der Waals surface area contributed by atoms with Crippen molar-refractivity contribution in [1.29, 1.82) is 0 Å². The van der Waals surface area contributed by atoms with E-state index < -0.39 is 0 Å². The molecule has 9 rings (SSSR count). The average Bonchev–Trinajstić information content (AvgIpc) is 3.86. The molecule has 71 heavy (non-hydrogen) atoms. The molecule has 0 fully saturated rings. The number of aryl methyl sites for hydroxylation is 1. The number of amides is 4. The quantitative estimate of drug-likeness (QED) is 0.0398. The van der Waals surface area contributed by atoms with E-state index in [-0.39, 0.29) is 60.1 Å². The van der Waals surface area contributed by atoms with Crippen molar-refractivity contribution in [2.24, 2.45) is 5.10 Å². The van der Waals surface area contributed by atoms with Crippen molar-refractivity contribution in [2.75, 3.05) is 65.0 Å². The minimum Gasteiger partial charge on any atom is -0.493 e. The summed E-state index contributed by atoms with van der Waals surface area (Å²) in [7, 11) is 8.86. The Bertz CT molecular complexity index is 2910. The molecule has 0 aromatic heterocycles. The van der Waals surface area contributed by atoms with Gasteiger partial charge < -0.3 is 39.1 Å². The number of anilines is 5. The van der Waals surface area contributed by atoms with E-state index in [1.54, 1.807) is 41.7 Å². The van der Waals surface area contributed by atoms with Crippen molar-refractivity contribution < 1.29 is 33.4 Å². The standard InChI is InChI=1S/C55H61N7O7S2/c1-8-56-58-52(64)18-20-70-71-55(3,4)19-17-51(63)57-39-23-35(32-68-48-28-46-42(21-34(48)2)53(65)61-40(30-59(46)5)25-37-13-9-11-15-44(37)61)22-36(24-39)33-69-50-29-47-43(27-49(50)67-7)54(66)62-41(31-60(47)6)26-38-14-10-12-16-45(38)62/h8-16,21-24,27-29,40-41H,17-20,25-26,30-33H2,1-7H3,(H,57,63)(H,58,64)/t40-,41-/m0/s1. The van der Waals surface area contributed by atoms with Gasteiger partial charge in [-0.25, -0.2) is 5.43 Å². The molecule has 4 aliphatic rings. The highest BCUT2D eigenvalue weighted by Crippen LogP contribution is 2.44. The monoisotopic (exact) mass is 995 g/mol. The van der Waals surface area contributed by atoms with Gasteiger partial charge in [-0.15, -0.1) is 0 Å². The molecule has 4 aliphatic heterocycles. The molecular formula is C55H61N7O7S2. The third-order valence-corrected chi connectivity index (χ3v) is 16.9. The van der Waals surface area contributed by atoms with Crippen LogP contribution in [-0.4, -0.2) is 86.7 Å². The molecule has 370 valence electrons. The Morgan fingerprint density at radius 3 is 1.89 bits per heavy atom. The lowest BCUT2D eigenvalue weighted by molar-refractivity contribution is -0.120. The minimum atomic E-state index is -0.230. The number of rotatable bonds is 17. The molecule has 0 spiro atoms. The second kappa shape index (κ2) is 21.0. The van der Waals surface area contributed by atoms with Gasteiger partial charge in [0.1, 0.15) is 19.0 Å². The second-order valence-corrected chi connectivity index (χ2v) is 22.4. The van der Waals surface area contributed by atoms with Crippen LogP contribution in [0.15, 0.2) is 96.1 Å². The van der Waals surface area contributed by atoms with E-state index in [2.05, 4.69) is 51.6 Å². The summed E-state index contributed by atoms with van der Waals surface area (Å²) in [5.41, 5.74) is 12.5. The van der Waals surface area contributed by atoms with Crippen LogP contribution in [0.1, 0.15) is 88.6 Å². The van der Waals surface area contributed by atoms with E-state index in [4.69, 9.17) is 14.2 Å². The van der Waals surface area contributed by atoms with E-state index >= 15 is 0 Å². The van der Waals surface area contributed by atoms with Crippen LogP contribution in [0.4, 0.5) is 28.4 Å². The van der Waals surface area contributed by atoms with Crippen molar-refractivity contribution in [2.45, 2.75) is 89.8 Å². The Hall–Kier alpha value is -6.65. The molecular weight excluding hydrogens is 935 g/mol. The first kappa shape index (κ1) is 49.3. The van der Waals surface area contributed by atoms with Crippen molar-refractivity contribution in [3.05, 3.63) is 130 Å². The fourth-order valence-corrected chi connectivity index (χ4v) is 12.6. The number of ether oxygens (including phenoxy) is 3. The summed E-state index contributed by atoms with van der Waals surface area (Å²) in [6, 6.07) is 29.6. The van der Waals surface area contributed by atoms with Gasteiger partial charge in [-0.3, -0.25) is 19.2 Å². The van der Waals surface area contributed by atoms with Crippen LogP contribution in [0.5, 0.6) is 17.2 Å². The van der Waals surface area contributed by atoms with Crippen molar-refractivity contribution >= 4 is 79.9 Å². The first-order valence-electron chi connectivity index (χ1n) is 24.1.